The van der Waals surface area contributed by atoms with Crippen molar-refractivity contribution in [1.82, 2.24) is 4.31 Å². The van der Waals surface area contributed by atoms with E-state index in [0.29, 0.717) is 6.42 Å². The molecule has 19 heavy (non-hydrogen) atoms. The zero-order valence-electron chi connectivity index (χ0n) is 9.71. The number of benzene rings is 1. The van der Waals surface area contributed by atoms with Gasteiger partial charge in [0, 0.05) is 6.54 Å². The van der Waals surface area contributed by atoms with Crippen molar-refractivity contribution in [1.29, 1.82) is 0 Å². The Labute approximate surface area is 114 Å². The standard InChI is InChI=1S/C11H11ClFNO4S/c12-8-6-7(13)3-4-10(8)19(17,18)14-5-1-2-9(14)11(15)16/h3-4,6,9H,1-2,5H2,(H,15,16)/t9-/m1/s1. The molecule has 0 bridgehead atoms. The molecule has 1 aromatic carbocycles. The summed E-state index contributed by atoms with van der Waals surface area (Å²) in [6.07, 6.45) is 0.725. The molecule has 2 rings (SSSR count). The molecule has 104 valence electrons. The van der Waals surface area contributed by atoms with Crippen LogP contribution in [-0.4, -0.2) is 36.4 Å². The third-order valence-corrected chi connectivity index (χ3v) is 5.36. The first-order valence-corrected chi connectivity index (χ1v) is 7.35. The molecule has 1 fully saturated rings. The van der Waals surface area contributed by atoms with Gasteiger partial charge in [0.15, 0.2) is 0 Å². The summed E-state index contributed by atoms with van der Waals surface area (Å²) in [4.78, 5) is 10.8. The van der Waals surface area contributed by atoms with Crippen molar-refractivity contribution < 1.29 is 22.7 Å². The van der Waals surface area contributed by atoms with Crippen molar-refractivity contribution in [2.24, 2.45) is 0 Å². The molecule has 0 radical (unpaired) electrons. The van der Waals surface area contributed by atoms with Crippen molar-refractivity contribution in [3.63, 3.8) is 0 Å². The predicted molar refractivity (Wildman–Crippen MR) is 66.0 cm³/mol. The molecule has 1 aliphatic rings. The first-order valence-electron chi connectivity index (χ1n) is 5.54. The van der Waals surface area contributed by atoms with Crippen LogP contribution in [0, 0.1) is 5.82 Å². The molecule has 0 spiro atoms. The SMILES string of the molecule is O=C(O)[C@H]1CCCN1S(=O)(=O)c1ccc(F)cc1Cl. The van der Waals surface area contributed by atoms with Crippen molar-refractivity contribution in [3.8, 4) is 0 Å². The number of hydrogen-bond donors (Lipinski definition) is 1. The second-order valence-corrected chi connectivity index (χ2v) is 6.45. The number of carboxylic acids is 1. The minimum Gasteiger partial charge on any atom is -0.480 e. The van der Waals surface area contributed by atoms with E-state index in [1.165, 1.54) is 0 Å². The maximum atomic E-state index is 12.9. The van der Waals surface area contributed by atoms with Gasteiger partial charge in [-0.05, 0) is 31.0 Å². The molecule has 1 heterocycles. The molecule has 1 saturated heterocycles. The van der Waals surface area contributed by atoms with Crippen LogP contribution in [0.25, 0.3) is 0 Å². The van der Waals surface area contributed by atoms with Gasteiger partial charge < -0.3 is 5.11 Å². The second-order valence-electron chi connectivity index (χ2n) is 4.19. The summed E-state index contributed by atoms with van der Waals surface area (Å²) in [6.45, 7) is 0.118. The zero-order chi connectivity index (χ0) is 14.2. The van der Waals surface area contributed by atoms with Gasteiger partial charge in [-0.1, -0.05) is 11.6 Å². The molecule has 1 N–H and O–H groups in total. The maximum Gasteiger partial charge on any atom is 0.322 e. The molecular formula is C11H11ClFNO4S. The lowest BCUT2D eigenvalue weighted by atomic mass is 10.2. The van der Waals surface area contributed by atoms with Crippen LogP contribution >= 0.6 is 11.6 Å². The van der Waals surface area contributed by atoms with Crippen molar-refractivity contribution in [2.45, 2.75) is 23.8 Å². The third-order valence-electron chi connectivity index (χ3n) is 2.97. The van der Waals surface area contributed by atoms with Gasteiger partial charge in [0.2, 0.25) is 10.0 Å². The first kappa shape index (κ1) is 14.2. The average Bonchev–Trinajstić information content (AvgIpc) is 2.77. The van der Waals surface area contributed by atoms with E-state index in [4.69, 9.17) is 16.7 Å². The van der Waals surface area contributed by atoms with E-state index in [1.807, 2.05) is 0 Å². The van der Waals surface area contributed by atoms with E-state index >= 15 is 0 Å². The number of carbonyl (C=O) groups is 1. The van der Waals surface area contributed by atoms with Gasteiger partial charge in [-0.15, -0.1) is 0 Å². The predicted octanol–water partition coefficient (Wildman–Crippen LogP) is 1.72. The molecule has 1 atom stereocenters. The first-order chi connectivity index (χ1) is 8.84. The van der Waals surface area contributed by atoms with Gasteiger partial charge >= 0.3 is 5.97 Å². The van der Waals surface area contributed by atoms with E-state index in [2.05, 4.69) is 0 Å². The van der Waals surface area contributed by atoms with Gasteiger partial charge in [-0.2, -0.15) is 4.31 Å². The highest BCUT2D eigenvalue weighted by Gasteiger charge is 2.40. The van der Waals surface area contributed by atoms with Gasteiger partial charge in [0.05, 0.1) is 5.02 Å². The Kier molecular flexibility index (Phi) is 3.80. The fourth-order valence-electron chi connectivity index (χ4n) is 2.09. The summed E-state index contributed by atoms with van der Waals surface area (Å²) < 4.78 is 38.5. The van der Waals surface area contributed by atoms with Crippen LogP contribution < -0.4 is 0 Å². The second kappa shape index (κ2) is 5.07. The summed E-state index contributed by atoms with van der Waals surface area (Å²) >= 11 is 5.73. The molecule has 0 saturated carbocycles. The van der Waals surface area contributed by atoms with Crippen LogP contribution in [0.4, 0.5) is 4.39 Å². The lowest BCUT2D eigenvalue weighted by Crippen LogP contribution is -2.40. The minimum atomic E-state index is -4.03. The number of rotatable bonds is 3. The van der Waals surface area contributed by atoms with Crippen LogP contribution in [-0.2, 0) is 14.8 Å². The minimum absolute atomic E-state index is 0.118. The molecule has 1 aliphatic heterocycles. The summed E-state index contributed by atoms with van der Waals surface area (Å²) in [7, 11) is -4.03. The highest BCUT2D eigenvalue weighted by Crippen LogP contribution is 2.30. The zero-order valence-corrected chi connectivity index (χ0v) is 11.3. The van der Waals surface area contributed by atoms with Crippen LogP contribution in [0.1, 0.15) is 12.8 Å². The van der Waals surface area contributed by atoms with Gasteiger partial charge in [0.1, 0.15) is 16.8 Å². The summed E-state index contributed by atoms with van der Waals surface area (Å²) in [6, 6.07) is 1.82. The molecule has 0 unspecified atom stereocenters. The fraction of sp³-hybridized carbons (Fsp3) is 0.364. The summed E-state index contributed by atoms with van der Waals surface area (Å²) in [5, 5.41) is 8.75. The fourth-order valence-corrected chi connectivity index (χ4v) is 4.24. The Hall–Kier alpha value is -1.18. The van der Waals surface area contributed by atoms with E-state index in [-0.39, 0.29) is 22.9 Å². The van der Waals surface area contributed by atoms with E-state index in [9.17, 15) is 17.6 Å². The van der Waals surface area contributed by atoms with E-state index < -0.39 is 27.9 Å². The number of hydrogen-bond acceptors (Lipinski definition) is 3. The van der Waals surface area contributed by atoms with Gasteiger partial charge in [-0.3, -0.25) is 4.79 Å². The lowest BCUT2D eigenvalue weighted by Gasteiger charge is -2.21. The molecule has 0 amide bonds. The third kappa shape index (κ3) is 2.58. The Morgan fingerprint density at radius 3 is 2.74 bits per heavy atom. The molecule has 0 aliphatic carbocycles. The smallest absolute Gasteiger partial charge is 0.322 e. The van der Waals surface area contributed by atoms with Crippen LogP contribution in [0.2, 0.25) is 5.02 Å². The molecular weight excluding hydrogens is 297 g/mol. The number of aliphatic carboxylic acids is 1. The van der Waals surface area contributed by atoms with E-state index in [1.54, 1.807) is 0 Å². The average molecular weight is 308 g/mol. The Morgan fingerprint density at radius 2 is 2.16 bits per heavy atom. The molecule has 0 aromatic heterocycles. The maximum absolute atomic E-state index is 12.9. The number of nitrogens with zero attached hydrogens (tertiary/aromatic N) is 1. The molecule has 1 aromatic rings. The van der Waals surface area contributed by atoms with Crippen molar-refractivity contribution in [3.05, 3.63) is 29.0 Å². The normalized spacial score (nSPS) is 20.6. The van der Waals surface area contributed by atoms with Crippen molar-refractivity contribution in [2.75, 3.05) is 6.54 Å². The highest BCUT2D eigenvalue weighted by molar-refractivity contribution is 7.89. The Morgan fingerprint density at radius 1 is 1.47 bits per heavy atom. The van der Waals surface area contributed by atoms with Crippen LogP contribution in [0.15, 0.2) is 23.1 Å². The Bertz CT molecular complexity index is 619. The van der Waals surface area contributed by atoms with Crippen LogP contribution in [0.5, 0.6) is 0 Å². The monoisotopic (exact) mass is 307 g/mol. The van der Waals surface area contributed by atoms with E-state index in [0.717, 1.165) is 22.5 Å². The molecule has 8 heteroatoms. The quantitative estimate of drug-likeness (QED) is 0.922. The molecule has 5 nitrogen and oxygen atoms in total. The topological polar surface area (TPSA) is 74.7 Å². The van der Waals surface area contributed by atoms with Crippen LogP contribution in [0.3, 0.4) is 0 Å². The largest absolute Gasteiger partial charge is 0.480 e. The number of sulfonamides is 1. The summed E-state index contributed by atoms with van der Waals surface area (Å²) in [5.74, 6) is -1.85. The van der Waals surface area contributed by atoms with Crippen molar-refractivity contribution >= 4 is 27.6 Å². The highest BCUT2D eigenvalue weighted by atomic mass is 35.5. The number of halogens is 2. The summed E-state index contributed by atoms with van der Waals surface area (Å²) in [5.41, 5.74) is 0. The number of carboxylic acid groups (broad SMARTS) is 1. The van der Waals surface area contributed by atoms with Gasteiger partial charge in [0.25, 0.3) is 0 Å². The van der Waals surface area contributed by atoms with Gasteiger partial charge in [-0.25, -0.2) is 12.8 Å². The lowest BCUT2D eigenvalue weighted by molar-refractivity contribution is -0.140. The Balaban J connectivity index is 2.45.